The summed E-state index contributed by atoms with van der Waals surface area (Å²) in [6.45, 7) is 1.89. The Morgan fingerprint density at radius 1 is 1.05 bits per heavy atom. The number of carbonyl (C=O) groups is 2. The summed E-state index contributed by atoms with van der Waals surface area (Å²) in [7, 11) is 3.04. The summed E-state index contributed by atoms with van der Waals surface area (Å²) < 4.78 is 22.5. The number of amides is 2. The molecule has 2 aliphatic rings. The lowest BCUT2D eigenvalue weighted by atomic mass is 9.99. The quantitative estimate of drug-likeness (QED) is 0.432. The van der Waals surface area contributed by atoms with Gasteiger partial charge in [-0.2, -0.15) is 0 Å². The van der Waals surface area contributed by atoms with Gasteiger partial charge in [-0.3, -0.25) is 4.79 Å². The highest BCUT2D eigenvalue weighted by atomic mass is 16.6. The number of carbonyl (C=O) groups excluding carboxylic acids is 2. The predicted octanol–water partition coefficient (Wildman–Crippen LogP) is 4.62. The molecule has 1 fully saturated rings. The fourth-order valence-corrected chi connectivity index (χ4v) is 5.09. The number of allylic oxidation sites excluding steroid dienone is 1. The van der Waals surface area contributed by atoms with Gasteiger partial charge in [0.1, 0.15) is 30.0 Å². The molecule has 1 aliphatic heterocycles. The molecule has 2 amide bonds. The Hall–Kier alpha value is -4.30. The molecule has 0 unspecified atom stereocenters. The molecule has 0 aromatic heterocycles. The number of benzene rings is 3. The van der Waals surface area contributed by atoms with Crippen LogP contribution in [0.25, 0.3) is 6.08 Å². The molecule has 5 rings (SSSR count). The van der Waals surface area contributed by atoms with Crippen molar-refractivity contribution >= 4 is 18.1 Å². The van der Waals surface area contributed by atoms with Crippen molar-refractivity contribution in [2.45, 2.75) is 38.0 Å². The summed E-state index contributed by atoms with van der Waals surface area (Å²) in [5, 5.41) is 11.6. The first-order valence-electron chi connectivity index (χ1n) is 12.8. The number of aliphatic hydroxyl groups is 1. The zero-order valence-corrected chi connectivity index (χ0v) is 22.1. The van der Waals surface area contributed by atoms with Crippen molar-refractivity contribution in [2.24, 2.45) is 0 Å². The number of aliphatic hydroxyl groups excluding tert-OH is 1. The highest BCUT2D eigenvalue weighted by Crippen LogP contribution is 2.36. The van der Waals surface area contributed by atoms with E-state index in [0.29, 0.717) is 35.7 Å². The number of hydrogen-bond acceptors (Lipinski definition) is 7. The molecule has 8 heteroatoms. The monoisotopic (exact) mass is 529 g/mol. The van der Waals surface area contributed by atoms with E-state index in [-0.39, 0.29) is 6.61 Å². The number of fused-ring (bicyclic) bond motifs is 1. The zero-order chi connectivity index (χ0) is 27.5. The Bertz CT molecular complexity index is 1380. The zero-order valence-electron chi connectivity index (χ0n) is 22.1. The molecule has 0 radical (unpaired) electrons. The van der Waals surface area contributed by atoms with Crippen LogP contribution in [0.2, 0.25) is 0 Å². The maximum absolute atomic E-state index is 14.1. The molecule has 202 valence electrons. The summed E-state index contributed by atoms with van der Waals surface area (Å²) in [5.74, 6) is 0.822. The molecule has 1 N–H and O–H groups in total. The van der Waals surface area contributed by atoms with E-state index in [1.165, 1.54) is 14.2 Å². The first kappa shape index (κ1) is 26.3. The molecule has 3 aromatic carbocycles. The van der Waals surface area contributed by atoms with Crippen molar-refractivity contribution < 1.29 is 33.6 Å². The second-order valence-corrected chi connectivity index (χ2v) is 9.65. The summed E-state index contributed by atoms with van der Waals surface area (Å²) in [5.41, 5.74) is 4.10. The summed E-state index contributed by atoms with van der Waals surface area (Å²) in [6, 6.07) is 20.1. The van der Waals surface area contributed by atoms with Gasteiger partial charge in [-0.1, -0.05) is 54.6 Å². The van der Waals surface area contributed by atoms with Gasteiger partial charge in [0.2, 0.25) is 6.10 Å². The molecule has 8 nitrogen and oxygen atoms in total. The van der Waals surface area contributed by atoms with Crippen molar-refractivity contribution in [2.75, 3.05) is 20.8 Å². The Labute approximate surface area is 227 Å². The number of imide groups is 1. The van der Waals surface area contributed by atoms with Crippen LogP contribution in [-0.4, -0.2) is 55.0 Å². The second-order valence-electron chi connectivity index (χ2n) is 9.65. The Kier molecular flexibility index (Phi) is 7.56. The van der Waals surface area contributed by atoms with Gasteiger partial charge in [0.25, 0.3) is 5.91 Å². The van der Waals surface area contributed by atoms with Crippen LogP contribution in [0, 0.1) is 6.92 Å². The number of rotatable bonds is 9. The van der Waals surface area contributed by atoms with E-state index in [1.807, 2.05) is 67.6 Å². The minimum atomic E-state index is -1.43. The summed E-state index contributed by atoms with van der Waals surface area (Å²) in [6.07, 6.45) is -0.887. The molecule has 1 saturated heterocycles. The lowest BCUT2D eigenvalue weighted by Crippen LogP contribution is -2.48. The average Bonchev–Trinajstić information content (AvgIpc) is 3.54. The normalized spacial score (nSPS) is 17.6. The van der Waals surface area contributed by atoms with E-state index in [2.05, 4.69) is 0 Å². The van der Waals surface area contributed by atoms with Gasteiger partial charge < -0.3 is 24.1 Å². The Balaban J connectivity index is 1.49. The highest BCUT2D eigenvalue weighted by molar-refractivity contribution is 5.96. The topological polar surface area (TPSA) is 94.5 Å². The fraction of sp³-hybridized carbons (Fsp3) is 0.290. The van der Waals surface area contributed by atoms with Crippen LogP contribution in [0.5, 0.6) is 11.5 Å². The molecule has 3 aromatic rings. The third-order valence-corrected chi connectivity index (χ3v) is 7.17. The third kappa shape index (κ3) is 5.33. The predicted molar refractivity (Wildman–Crippen MR) is 144 cm³/mol. The molecular weight excluding hydrogens is 498 g/mol. The maximum Gasteiger partial charge on any atom is 0.417 e. The van der Waals surface area contributed by atoms with Crippen LogP contribution in [0.15, 0.2) is 72.5 Å². The molecule has 39 heavy (non-hydrogen) atoms. The van der Waals surface area contributed by atoms with Crippen molar-refractivity contribution in [3.8, 4) is 11.5 Å². The molecule has 1 aliphatic carbocycles. The van der Waals surface area contributed by atoms with E-state index in [4.69, 9.17) is 18.9 Å². The number of cyclic esters (lactones) is 1. The Morgan fingerprint density at radius 2 is 1.72 bits per heavy atom. The van der Waals surface area contributed by atoms with E-state index in [9.17, 15) is 14.7 Å². The van der Waals surface area contributed by atoms with Crippen LogP contribution >= 0.6 is 0 Å². The van der Waals surface area contributed by atoms with Gasteiger partial charge in [-0.25, -0.2) is 9.69 Å². The van der Waals surface area contributed by atoms with Gasteiger partial charge in [0, 0.05) is 12.0 Å². The molecule has 0 saturated carbocycles. The van der Waals surface area contributed by atoms with Gasteiger partial charge in [-0.05, 0) is 53.8 Å². The van der Waals surface area contributed by atoms with E-state index in [1.54, 1.807) is 12.1 Å². The third-order valence-electron chi connectivity index (χ3n) is 7.17. The SMILES string of the molecule is COc1cc([C@@H](O)[C@@H](OC2=Cc3ccccc3C2)C(=O)N2C(=O)OC[C@H]2Cc2ccccc2)cc(OC)c1C. The number of ether oxygens (including phenoxy) is 4. The number of methoxy groups -OCH3 is 2. The minimum Gasteiger partial charge on any atom is -0.496 e. The molecular formula is C31H31NO7. The number of hydrogen-bond donors (Lipinski definition) is 1. The Morgan fingerprint density at radius 3 is 2.38 bits per heavy atom. The van der Waals surface area contributed by atoms with Crippen LogP contribution in [0.3, 0.4) is 0 Å². The summed E-state index contributed by atoms with van der Waals surface area (Å²) >= 11 is 0. The van der Waals surface area contributed by atoms with Gasteiger partial charge in [0.05, 0.1) is 20.3 Å². The molecule has 1 heterocycles. The van der Waals surface area contributed by atoms with Crippen LogP contribution < -0.4 is 9.47 Å². The number of nitrogens with zero attached hydrogens (tertiary/aromatic N) is 1. The van der Waals surface area contributed by atoms with Crippen LogP contribution in [-0.2, 0) is 27.1 Å². The van der Waals surface area contributed by atoms with Crippen LogP contribution in [0.4, 0.5) is 4.79 Å². The van der Waals surface area contributed by atoms with Crippen molar-refractivity contribution in [3.05, 3.63) is 100 Å². The minimum absolute atomic E-state index is 0.0581. The lowest BCUT2D eigenvalue weighted by Gasteiger charge is -2.29. The first-order chi connectivity index (χ1) is 18.9. The van der Waals surface area contributed by atoms with Gasteiger partial charge in [0.15, 0.2) is 0 Å². The van der Waals surface area contributed by atoms with Crippen LogP contribution in [0.1, 0.15) is 33.9 Å². The molecule has 3 atom stereocenters. The lowest BCUT2D eigenvalue weighted by molar-refractivity contribution is -0.146. The highest BCUT2D eigenvalue weighted by Gasteiger charge is 2.45. The van der Waals surface area contributed by atoms with Gasteiger partial charge >= 0.3 is 6.09 Å². The maximum atomic E-state index is 14.1. The van der Waals surface area contributed by atoms with Gasteiger partial charge in [-0.15, -0.1) is 0 Å². The second kappa shape index (κ2) is 11.2. The molecule has 0 spiro atoms. The van der Waals surface area contributed by atoms with Crippen molar-refractivity contribution in [1.82, 2.24) is 4.90 Å². The summed E-state index contributed by atoms with van der Waals surface area (Å²) in [4.78, 5) is 28.0. The standard InChI is InChI=1S/C31H31NO7/c1-19-26(36-2)16-23(17-27(19)37-3)28(33)29(39-25-14-21-11-7-8-12-22(21)15-25)30(34)32-24(18-38-31(32)35)13-20-9-5-4-6-10-20/h4-12,14,16-17,24,28-29,33H,13,15,18H2,1-3H3/t24-,28-,29-/m1/s1. The largest absolute Gasteiger partial charge is 0.496 e. The van der Waals surface area contributed by atoms with Crippen molar-refractivity contribution in [1.29, 1.82) is 0 Å². The van der Waals surface area contributed by atoms with E-state index in [0.717, 1.165) is 27.2 Å². The van der Waals surface area contributed by atoms with E-state index < -0.39 is 30.3 Å². The molecule has 0 bridgehead atoms. The van der Waals surface area contributed by atoms with E-state index >= 15 is 0 Å². The fourth-order valence-electron chi connectivity index (χ4n) is 5.09. The van der Waals surface area contributed by atoms with Crippen molar-refractivity contribution in [3.63, 3.8) is 0 Å². The average molecular weight is 530 g/mol. The smallest absolute Gasteiger partial charge is 0.417 e. The first-order valence-corrected chi connectivity index (χ1v) is 12.8.